The number of aromatic nitrogens is 3. The molecule has 0 aliphatic carbocycles. The maximum absolute atomic E-state index is 12.9. The molecule has 1 unspecified atom stereocenters. The minimum Gasteiger partial charge on any atom is -0.382 e. The number of alkyl halides is 3. The Morgan fingerprint density at radius 1 is 1.15 bits per heavy atom. The van der Waals surface area contributed by atoms with Gasteiger partial charge in [-0.2, -0.15) is 13.2 Å². The fourth-order valence-electron chi connectivity index (χ4n) is 3.31. The zero-order valence-electron chi connectivity index (χ0n) is 18.0. The van der Waals surface area contributed by atoms with Gasteiger partial charge < -0.3 is 10.1 Å². The highest BCUT2D eigenvalue weighted by Gasteiger charge is 2.29. The van der Waals surface area contributed by atoms with E-state index in [2.05, 4.69) is 10.4 Å². The van der Waals surface area contributed by atoms with E-state index < -0.39 is 43.3 Å². The van der Waals surface area contributed by atoms with Crippen molar-refractivity contribution in [3.05, 3.63) is 74.6 Å². The van der Waals surface area contributed by atoms with Crippen molar-refractivity contribution in [2.75, 3.05) is 13.7 Å². The average molecular weight is 517 g/mol. The van der Waals surface area contributed by atoms with Gasteiger partial charge in [-0.05, 0) is 35.9 Å². The van der Waals surface area contributed by atoms with E-state index >= 15 is 0 Å². The molecule has 2 aromatic carbocycles. The number of hydrogen-bond donors (Lipinski definition) is 1. The highest BCUT2D eigenvalue weighted by atomic mass is 35.5. The molecule has 182 valence electrons. The number of carbonyl (C=O) groups excluding carboxylic acids is 1. The fraction of sp³-hybridized carbons (Fsp3) is 0.318. The van der Waals surface area contributed by atoms with Crippen LogP contribution in [0.25, 0.3) is 11.4 Å². The lowest BCUT2D eigenvalue weighted by atomic mass is 10.1. The van der Waals surface area contributed by atoms with Crippen LogP contribution in [-0.2, 0) is 22.6 Å². The largest absolute Gasteiger partial charge is 0.390 e. The summed E-state index contributed by atoms with van der Waals surface area (Å²) < 4.78 is 45.4. The molecule has 3 rings (SSSR count). The number of rotatable bonds is 9. The molecule has 0 aliphatic rings. The first-order valence-electron chi connectivity index (χ1n) is 10.1. The topological polar surface area (TPSA) is 78.2 Å². The van der Waals surface area contributed by atoms with E-state index in [1.165, 1.54) is 31.4 Å². The zero-order valence-corrected chi connectivity index (χ0v) is 19.5. The quantitative estimate of drug-likeness (QED) is 0.455. The summed E-state index contributed by atoms with van der Waals surface area (Å²) in [6.07, 6.45) is -5.70. The van der Waals surface area contributed by atoms with Crippen molar-refractivity contribution in [2.45, 2.75) is 31.7 Å². The van der Waals surface area contributed by atoms with Crippen LogP contribution in [0.4, 0.5) is 13.2 Å². The van der Waals surface area contributed by atoms with Gasteiger partial charge in [-0.3, -0.25) is 9.36 Å². The van der Waals surface area contributed by atoms with Crippen LogP contribution in [0.1, 0.15) is 18.0 Å². The number of methoxy groups -OCH3 is 1. The van der Waals surface area contributed by atoms with Crippen molar-refractivity contribution < 1.29 is 22.7 Å². The molecule has 3 aromatic rings. The molecule has 0 saturated heterocycles. The summed E-state index contributed by atoms with van der Waals surface area (Å²) in [5.74, 6) is -0.592. The van der Waals surface area contributed by atoms with Crippen LogP contribution < -0.4 is 11.0 Å². The Labute approximate surface area is 203 Å². The van der Waals surface area contributed by atoms with Crippen molar-refractivity contribution in [2.24, 2.45) is 0 Å². The Balaban J connectivity index is 1.88. The second-order valence-electron chi connectivity index (χ2n) is 7.38. The minimum absolute atomic E-state index is 0.00161. The first kappa shape index (κ1) is 25.8. The summed E-state index contributed by atoms with van der Waals surface area (Å²) in [4.78, 5) is 25.6. The molecule has 0 radical (unpaired) electrons. The van der Waals surface area contributed by atoms with Crippen molar-refractivity contribution >= 4 is 29.1 Å². The molecule has 1 atom stereocenters. The number of ether oxygens (including phenoxy) is 1. The second-order valence-corrected chi connectivity index (χ2v) is 8.23. The van der Waals surface area contributed by atoms with Gasteiger partial charge in [0.1, 0.15) is 6.54 Å². The molecule has 0 spiro atoms. The van der Waals surface area contributed by atoms with Crippen LogP contribution in [0.3, 0.4) is 0 Å². The summed E-state index contributed by atoms with van der Waals surface area (Å²) in [5.41, 5.74) is 0.158. The van der Waals surface area contributed by atoms with Crippen LogP contribution >= 0.6 is 23.2 Å². The summed E-state index contributed by atoms with van der Waals surface area (Å²) in [6, 6.07) is 12.4. The molecule has 0 saturated carbocycles. The summed E-state index contributed by atoms with van der Waals surface area (Å²) in [6.45, 7) is -1.04. The van der Waals surface area contributed by atoms with Gasteiger partial charge in [0.05, 0.1) is 19.1 Å². The molecule has 7 nitrogen and oxygen atoms in total. The van der Waals surface area contributed by atoms with E-state index in [-0.39, 0.29) is 12.4 Å². The lowest BCUT2D eigenvalue weighted by Gasteiger charge is -2.19. The van der Waals surface area contributed by atoms with Gasteiger partial charge in [-0.25, -0.2) is 9.48 Å². The van der Waals surface area contributed by atoms with E-state index in [0.29, 0.717) is 21.2 Å². The predicted octanol–water partition coefficient (Wildman–Crippen LogP) is 4.47. The number of benzene rings is 2. The Morgan fingerprint density at radius 2 is 1.82 bits per heavy atom. The molecular formula is C22H21Cl2F3N4O3. The normalized spacial score (nSPS) is 12.5. The van der Waals surface area contributed by atoms with Crippen LogP contribution in [0, 0.1) is 0 Å². The highest BCUT2D eigenvalue weighted by molar-refractivity contribution is 6.31. The number of carbonyl (C=O) groups is 1. The van der Waals surface area contributed by atoms with E-state index in [4.69, 9.17) is 27.9 Å². The Hall–Kier alpha value is -2.82. The summed E-state index contributed by atoms with van der Waals surface area (Å²) >= 11 is 12.1. The third-order valence-electron chi connectivity index (χ3n) is 4.89. The smallest absolute Gasteiger partial charge is 0.382 e. The van der Waals surface area contributed by atoms with Crippen molar-refractivity contribution in [3.8, 4) is 11.4 Å². The molecule has 0 aliphatic heterocycles. The molecule has 0 fully saturated rings. The van der Waals surface area contributed by atoms with Crippen molar-refractivity contribution in [1.82, 2.24) is 19.7 Å². The highest BCUT2D eigenvalue weighted by Crippen LogP contribution is 2.24. The lowest BCUT2D eigenvalue weighted by molar-refractivity contribution is -0.136. The third kappa shape index (κ3) is 6.62. The number of hydrogen-bond acceptors (Lipinski definition) is 4. The van der Waals surface area contributed by atoms with Gasteiger partial charge in [0, 0.05) is 29.3 Å². The minimum atomic E-state index is -4.47. The maximum atomic E-state index is 12.9. The van der Waals surface area contributed by atoms with Crippen molar-refractivity contribution in [3.63, 3.8) is 0 Å². The zero-order chi connectivity index (χ0) is 24.9. The number of nitrogens with zero attached hydrogens (tertiary/aromatic N) is 3. The standard InChI is InChI=1S/C22H21Cl2F3N4O3/c1-34-13-18(16-4-2-3-5-17(16)24)28-19(32)12-31-21(33)30(11-10-22(25,26)27)20(29-31)14-6-8-15(23)9-7-14/h2-9,18H,10-13H2,1H3,(H,28,32). The van der Waals surface area contributed by atoms with Gasteiger partial charge >= 0.3 is 11.9 Å². The van der Waals surface area contributed by atoms with E-state index in [1.54, 1.807) is 24.3 Å². The molecule has 1 N–H and O–H groups in total. The van der Waals surface area contributed by atoms with Crippen LogP contribution in [-0.4, -0.2) is 40.1 Å². The molecule has 1 heterocycles. The van der Waals surface area contributed by atoms with Gasteiger partial charge in [0.2, 0.25) is 5.91 Å². The molecule has 1 aromatic heterocycles. The van der Waals surface area contributed by atoms with Gasteiger partial charge in [0.25, 0.3) is 0 Å². The second kappa shape index (κ2) is 11.1. The Morgan fingerprint density at radius 3 is 2.44 bits per heavy atom. The van der Waals surface area contributed by atoms with E-state index in [1.807, 2.05) is 0 Å². The van der Waals surface area contributed by atoms with E-state index in [9.17, 15) is 22.8 Å². The number of amides is 1. The summed E-state index contributed by atoms with van der Waals surface area (Å²) in [5, 5.41) is 7.69. The Kier molecular flexibility index (Phi) is 8.40. The number of halogens is 5. The monoisotopic (exact) mass is 516 g/mol. The molecular weight excluding hydrogens is 496 g/mol. The first-order valence-corrected chi connectivity index (χ1v) is 10.9. The predicted molar refractivity (Wildman–Crippen MR) is 122 cm³/mol. The average Bonchev–Trinajstić information content (AvgIpc) is 3.07. The molecule has 34 heavy (non-hydrogen) atoms. The van der Waals surface area contributed by atoms with Crippen LogP contribution in [0.5, 0.6) is 0 Å². The fourth-order valence-corrected chi connectivity index (χ4v) is 3.70. The van der Waals surface area contributed by atoms with Gasteiger partial charge in [-0.15, -0.1) is 5.10 Å². The van der Waals surface area contributed by atoms with Gasteiger partial charge in [-0.1, -0.05) is 41.4 Å². The van der Waals surface area contributed by atoms with Gasteiger partial charge in [0.15, 0.2) is 5.82 Å². The van der Waals surface area contributed by atoms with Crippen LogP contribution in [0.2, 0.25) is 10.0 Å². The summed E-state index contributed by atoms with van der Waals surface area (Å²) in [7, 11) is 1.46. The number of nitrogens with one attached hydrogen (secondary N) is 1. The first-order chi connectivity index (χ1) is 16.1. The van der Waals surface area contributed by atoms with Crippen molar-refractivity contribution in [1.29, 1.82) is 0 Å². The molecule has 0 bridgehead atoms. The third-order valence-corrected chi connectivity index (χ3v) is 5.48. The molecule has 12 heteroatoms. The molecule has 1 amide bonds. The Bertz CT molecular complexity index is 1190. The van der Waals surface area contributed by atoms with Crippen LogP contribution in [0.15, 0.2) is 53.3 Å². The lowest BCUT2D eigenvalue weighted by Crippen LogP contribution is -2.37. The van der Waals surface area contributed by atoms with E-state index in [0.717, 1.165) is 9.25 Å². The maximum Gasteiger partial charge on any atom is 0.390 e. The SMILES string of the molecule is COCC(NC(=O)Cn1nc(-c2ccc(Cl)cc2)n(CCC(F)(F)F)c1=O)c1ccccc1Cl.